The van der Waals surface area contributed by atoms with E-state index in [1.807, 2.05) is 0 Å². The van der Waals surface area contributed by atoms with Gasteiger partial charge >= 0.3 is 5.97 Å². The summed E-state index contributed by atoms with van der Waals surface area (Å²) in [7, 11) is -4.66. The van der Waals surface area contributed by atoms with Gasteiger partial charge in [-0.15, -0.1) is 0 Å². The highest BCUT2D eigenvalue weighted by molar-refractivity contribution is 7.86. The van der Waals surface area contributed by atoms with Crippen LogP contribution in [-0.4, -0.2) is 28.6 Å². The molecular weight excluding hydrogens is 417 g/mol. The Hall–Kier alpha value is -3.76. The van der Waals surface area contributed by atoms with Crippen molar-refractivity contribution in [2.45, 2.75) is 4.90 Å². The van der Waals surface area contributed by atoms with Crippen LogP contribution in [0, 0.1) is 5.82 Å². The number of aromatic nitrogens is 1. The molecule has 3 aromatic carbocycles. The number of benzene rings is 3. The number of rotatable bonds is 2. The predicted octanol–water partition coefficient (Wildman–Crippen LogP) is 3.33. The minimum Gasteiger partial charge on any atom is -0.477 e. The fraction of sp³-hybridized carbons (Fsp3) is 0. The van der Waals surface area contributed by atoms with Crippen molar-refractivity contribution in [3.05, 3.63) is 70.3 Å². The van der Waals surface area contributed by atoms with Crippen LogP contribution in [0.5, 0.6) is 11.5 Å². The van der Waals surface area contributed by atoms with Crippen molar-refractivity contribution in [3.63, 3.8) is 0 Å². The van der Waals surface area contributed by atoms with Crippen molar-refractivity contribution in [2.75, 3.05) is 0 Å². The second kappa shape index (κ2) is 5.88. The lowest BCUT2D eigenvalue weighted by molar-refractivity contribution is 0.0695. The number of carboxylic acids is 1. The molecule has 1 aliphatic heterocycles. The highest BCUT2D eigenvalue weighted by Gasteiger charge is 2.30. The molecule has 2 N–H and O–H groups in total. The molecule has 8 nitrogen and oxygen atoms in total. The molecule has 0 spiro atoms. The number of fused-ring (bicyclic) bond motifs is 4. The van der Waals surface area contributed by atoms with Gasteiger partial charge in [0.05, 0.1) is 11.1 Å². The minimum absolute atomic E-state index is 0.0160. The third kappa shape index (κ3) is 2.38. The van der Waals surface area contributed by atoms with Gasteiger partial charge in [0, 0.05) is 23.0 Å². The Morgan fingerprint density at radius 1 is 1.07 bits per heavy atom. The van der Waals surface area contributed by atoms with E-state index in [-0.39, 0.29) is 33.5 Å². The van der Waals surface area contributed by atoms with Gasteiger partial charge in [-0.1, -0.05) is 24.3 Å². The molecule has 0 amide bonds. The zero-order valence-electron chi connectivity index (χ0n) is 14.8. The third-order valence-electron chi connectivity index (χ3n) is 4.98. The molecule has 1 aromatic heterocycles. The molecule has 0 aliphatic carbocycles. The summed E-state index contributed by atoms with van der Waals surface area (Å²) in [6.07, 6.45) is 1.05. The molecule has 0 atom stereocenters. The summed E-state index contributed by atoms with van der Waals surface area (Å²) in [4.78, 5) is 23.8. The minimum atomic E-state index is -4.66. The first-order valence-corrected chi connectivity index (χ1v) is 9.95. The van der Waals surface area contributed by atoms with Crippen LogP contribution >= 0.6 is 0 Å². The number of ether oxygens (including phenoxy) is 1. The normalized spacial score (nSPS) is 12.6. The molecule has 0 saturated carbocycles. The Morgan fingerprint density at radius 2 is 1.77 bits per heavy atom. The van der Waals surface area contributed by atoms with Gasteiger partial charge in [-0.3, -0.25) is 9.35 Å². The maximum Gasteiger partial charge on any atom is 0.341 e. The van der Waals surface area contributed by atoms with E-state index >= 15 is 0 Å². The summed E-state index contributed by atoms with van der Waals surface area (Å²) in [6, 6.07) is 9.33. The van der Waals surface area contributed by atoms with Crippen LogP contribution in [0.25, 0.3) is 27.4 Å². The summed E-state index contributed by atoms with van der Waals surface area (Å²) in [5.74, 6) is -2.78. The first-order chi connectivity index (χ1) is 14.2. The first kappa shape index (κ1) is 18.3. The number of nitrogens with zero attached hydrogens (tertiary/aromatic N) is 1. The van der Waals surface area contributed by atoms with Gasteiger partial charge in [0.15, 0.2) is 17.3 Å². The Bertz CT molecular complexity index is 1610. The van der Waals surface area contributed by atoms with Crippen molar-refractivity contribution in [3.8, 4) is 17.2 Å². The number of aromatic carboxylic acids is 1. The number of carbonyl (C=O) groups is 1. The topological polar surface area (TPSA) is 123 Å². The van der Waals surface area contributed by atoms with Crippen LogP contribution < -0.4 is 10.2 Å². The molecule has 0 unspecified atom stereocenters. The second-order valence-corrected chi connectivity index (χ2v) is 8.05. The molecular formula is C20H10FNO7S. The zero-order chi connectivity index (χ0) is 21.4. The van der Waals surface area contributed by atoms with Gasteiger partial charge in [-0.25, -0.2) is 9.18 Å². The largest absolute Gasteiger partial charge is 0.477 e. The van der Waals surface area contributed by atoms with E-state index in [4.69, 9.17) is 4.74 Å². The average Bonchev–Trinajstić information content (AvgIpc) is 2.69. The van der Waals surface area contributed by atoms with Crippen LogP contribution in [-0.2, 0) is 10.1 Å². The highest BCUT2D eigenvalue weighted by Crippen LogP contribution is 2.45. The highest BCUT2D eigenvalue weighted by atomic mass is 32.2. The molecule has 2 heterocycles. The van der Waals surface area contributed by atoms with E-state index in [1.165, 1.54) is 16.7 Å². The zero-order valence-corrected chi connectivity index (χ0v) is 15.6. The van der Waals surface area contributed by atoms with Crippen molar-refractivity contribution in [1.82, 2.24) is 4.57 Å². The van der Waals surface area contributed by atoms with Gasteiger partial charge < -0.3 is 14.4 Å². The smallest absolute Gasteiger partial charge is 0.341 e. The van der Waals surface area contributed by atoms with Crippen LogP contribution in [0.3, 0.4) is 0 Å². The molecule has 5 rings (SSSR count). The monoisotopic (exact) mass is 427 g/mol. The van der Waals surface area contributed by atoms with Crippen molar-refractivity contribution < 1.29 is 32.0 Å². The Kier molecular flexibility index (Phi) is 3.58. The average molecular weight is 427 g/mol. The fourth-order valence-corrected chi connectivity index (χ4v) is 4.46. The van der Waals surface area contributed by atoms with E-state index < -0.39 is 37.8 Å². The molecule has 10 heteroatoms. The maximum absolute atomic E-state index is 14.5. The number of carboxylic acid groups (broad SMARTS) is 1. The van der Waals surface area contributed by atoms with E-state index in [0.717, 1.165) is 18.3 Å². The van der Waals surface area contributed by atoms with E-state index in [9.17, 15) is 32.1 Å². The number of pyridine rings is 1. The molecule has 0 fully saturated rings. The lowest BCUT2D eigenvalue weighted by Gasteiger charge is -2.26. The Labute approximate surface area is 167 Å². The van der Waals surface area contributed by atoms with Crippen LogP contribution in [0.4, 0.5) is 4.39 Å². The van der Waals surface area contributed by atoms with Gasteiger partial charge in [0.1, 0.15) is 16.0 Å². The van der Waals surface area contributed by atoms with Gasteiger partial charge in [-0.05, 0) is 12.1 Å². The van der Waals surface area contributed by atoms with Crippen molar-refractivity contribution in [1.29, 1.82) is 0 Å². The maximum atomic E-state index is 14.5. The number of halogens is 1. The van der Waals surface area contributed by atoms with Gasteiger partial charge in [0.25, 0.3) is 10.1 Å². The lowest BCUT2D eigenvalue weighted by atomic mass is 10.0. The summed E-state index contributed by atoms with van der Waals surface area (Å²) >= 11 is 0. The number of hydrogen-bond acceptors (Lipinski definition) is 5. The SMILES string of the molecule is O=C(O)c1cn2c3c(c(F)ccc3c1=O)Oc1cc(S(=O)(=O)O)c3ccccc3c1-2. The van der Waals surface area contributed by atoms with E-state index in [2.05, 4.69) is 0 Å². The van der Waals surface area contributed by atoms with Crippen LogP contribution in [0.2, 0.25) is 0 Å². The van der Waals surface area contributed by atoms with Crippen molar-refractivity contribution in [2.24, 2.45) is 0 Å². The van der Waals surface area contributed by atoms with Crippen molar-refractivity contribution >= 4 is 37.8 Å². The fourth-order valence-electron chi connectivity index (χ4n) is 3.74. The van der Waals surface area contributed by atoms with Gasteiger partial charge in [0.2, 0.25) is 5.43 Å². The van der Waals surface area contributed by atoms with Crippen LogP contribution in [0.15, 0.2) is 58.4 Å². The quantitative estimate of drug-likeness (QED) is 0.414. The molecule has 30 heavy (non-hydrogen) atoms. The third-order valence-corrected chi connectivity index (χ3v) is 5.87. The molecule has 0 radical (unpaired) electrons. The number of hydrogen-bond donors (Lipinski definition) is 2. The predicted molar refractivity (Wildman–Crippen MR) is 104 cm³/mol. The van der Waals surface area contributed by atoms with E-state index in [1.54, 1.807) is 18.2 Å². The van der Waals surface area contributed by atoms with Crippen LogP contribution in [0.1, 0.15) is 10.4 Å². The molecule has 0 saturated heterocycles. The summed E-state index contributed by atoms with van der Waals surface area (Å²) < 4.78 is 55.0. The summed E-state index contributed by atoms with van der Waals surface area (Å²) in [6.45, 7) is 0. The first-order valence-electron chi connectivity index (χ1n) is 8.51. The van der Waals surface area contributed by atoms with E-state index in [0.29, 0.717) is 5.39 Å². The summed E-state index contributed by atoms with van der Waals surface area (Å²) in [5.41, 5.74) is -1.12. The second-order valence-electron chi connectivity index (χ2n) is 6.66. The molecule has 0 bridgehead atoms. The Balaban J connectivity index is 2.06. The molecule has 150 valence electrons. The standard InChI is InChI=1S/C20H10FNO7S/c21-13-6-5-11-17-19(13)29-14-7-15(30(26,27)28)9-3-1-2-4-10(9)16(14)22(17)8-12(18(11)23)20(24)25/h1-8H,(H,24,25)(H,26,27,28). The Morgan fingerprint density at radius 3 is 2.43 bits per heavy atom. The lowest BCUT2D eigenvalue weighted by Crippen LogP contribution is -2.21. The summed E-state index contributed by atoms with van der Waals surface area (Å²) in [5, 5.41) is 9.83. The molecule has 1 aliphatic rings. The molecule has 4 aromatic rings. The van der Waals surface area contributed by atoms with Gasteiger partial charge in [-0.2, -0.15) is 8.42 Å².